The Morgan fingerprint density at radius 1 is 1.15 bits per heavy atom. The van der Waals surface area contributed by atoms with Gasteiger partial charge < -0.3 is 15.3 Å². The first kappa shape index (κ1) is 23.4. The van der Waals surface area contributed by atoms with Crippen LogP contribution in [0.25, 0.3) is 0 Å². The zero-order valence-electron chi connectivity index (χ0n) is 16.1. The molecule has 2 rings (SSSR count). The summed E-state index contributed by atoms with van der Waals surface area (Å²) in [7, 11) is 0. The third-order valence-electron chi connectivity index (χ3n) is 4.87. The van der Waals surface area contributed by atoms with Gasteiger partial charge in [0.05, 0.1) is 0 Å². The van der Waals surface area contributed by atoms with Crippen LogP contribution in [0.15, 0.2) is 24.5 Å². The fourth-order valence-corrected chi connectivity index (χ4v) is 3.30. The van der Waals surface area contributed by atoms with Gasteiger partial charge in [-0.1, -0.05) is 32.6 Å². The Bertz CT molecular complexity index is 565. The number of aliphatic hydroxyl groups excluding tert-OH is 1. The van der Waals surface area contributed by atoms with Gasteiger partial charge in [-0.3, -0.25) is 14.6 Å². The molecule has 6 nitrogen and oxygen atoms in total. The van der Waals surface area contributed by atoms with Crippen LogP contribution in [0.2, 0.25) is 0 Å². The number of aromatic nitrogens is 1. The Kier molecular flexibility index (Phi) is 11.0. The van der Waals surface area contributed by atoms with Crippen molar-refractivity contribution in [3.63, 3.8) is 0 Å². The minimum Gasteiger partial charge on any atom is -0.386 e. The molecule has 2 amide bonds. The number of unbranched alkanes of at least 4 members (excludes halogenated alkanes) is 4. The third kappa shape index (κ3) is 7.46. The molecule has 1 aromatic rings. The van der Waals surface area contributed by atoms with Gasteiger partial charge in [0, 0.05) is 31.9 Å². The van der Waals surface area contributed by atoms with Gasteiger partial charge >= 0.3 is 0 Å². The molecule has 2 atom stereocenters. The molecule has 0 bridgehead atoms. The lowest BCUT2D eigenvalue weighted by atomic mass is 10.0. The van der Waals surface area contributed by atoms with Crippen LogP contribution in [-0.4, -0.2) is 45.9 Å². The second-order valence-corrected chi connectivity index (χ2v) is 6.97. The number of pyridine rings is 1. The van der Waals surface area contributed by atoms with Crippen molar-refractivity contribution in [3.8, 4) is 0 Å². The van der Waals surface area contributed by atoms with Crippen LogP contribution < -0.4 is 5.32 Å². The van der Waals surface area contributed by atoms with Crippen molar-refractivity contribution in [2.45, 2.75) is 70.4 Å². The number of hydrogen-bond acceptors (Lipinski definition) is 4. The maximum absolute atomic E-state index is 12.8. The topological polar surface area (TPSA) is 82.5 Å². The van der Waals surface area contributed by atoms with Crippen molar-refractivity contribution in [1.82, 2.24) is 15.2 Å². The number of amides is 2. The van der Waals surface area contributed by atoms with E-state index in [0.29, 0.717) is 25.1 Å². The van der Waals surface area contributed by atoms with E-state index >= 15 is 0 Å². The molecule has 0 unspecified atom stereocenters. The maximum atomic E-state index is 12.8. The average molecular weight is 398 g/mol. The van der Waals surface area contributed by atoms with Crippen LogP contribution >= 0.6 is 12.4 Å². The van der Waals surface area contributed by atoms with E-state index in [2.05, 4.69) is 17.2 Å². The fourth-order valence-electron chi connectivity index (χ4n) is 3.30. The molecule has 152 valence electrons. The maximum Gasteiger partial charge on any atom is 0.248 e. The summed E-state index contributed by atoms with van der Waals surface area (Å²) in [6.45, 7) is 3.53. The van der Waals surface area contributed by atoms with Crippen LogP contribution in [0, 0.1) is 0 Å². The molecule has 0 spiro atoms. The molecule has 0 aliphatic carbocycles. The molecule has 0 saturated carbocycles. The zero-order chi connectivity index (χ0) is 18.8. The van der Waals surface area contributed by atoms with Gasteiger partial charge in [0.1, 0.15) is 12.1 Å². The highest BCUT2D eigenvalue weighted by Gasteiger charge is 2.33. The summed E-state index contributed by atoms with van der Waals surface area (Å²) < 4.78 is 0. The highest BCUT2D eigenvalue weighted by Crippen LogP contribution is 2.20. The molecule has 7 heteroatoms. The highest BCUT2D eigenvalue weighted by atomic mass is 35.5. The molecule has 1 aromatic heterocycles. The summed E-state index contributed by atoms with van der Waals surface area (Å²) in [6, 6.07) is 2.40. The Morgan fingerprint density at radius 2 is 1.78 bits per heavy atom. The largest absolute Gasteiger partial charge is 0.386 e. The summed E-state index contributed by atoms with van der Waals surface area (Å²) in [6.07, 6.45) is 9.68. The summed E-state index contributed by atoms with van der Waals surface area (Å²) >= 11 is 0. The standard InChI is InChI=1S/C20H31N3O3.ClH/c1-2-3-4-5-6-9-17(24)22-18(20(26)23-14-7-8-15-23)19(25)16-10-12-21-13-11-16;/h10-13,18-19,25H,2-9,14-15H2,1H3,(H,22,24);1H/t18-,19+;/m1./s1. The lowest BCUT2D eigenvalue weighted by molar-refractivity contribution is -0.139. The molecule has 2 N–H and O–H groups in total. The van der Waals surface area contributed by atoms with Gasteiger partial charge in [0.15, 0.2) is 0 Å². The van der Waals surface area contributed by atoms with E-state index in [4.69, 9.17) is 0 Å². The first-order valence-electron chi connectivity index (χ1n) is 9.79. The zero-order valence-corrected chi connectivity index (χ0v) is 16.9. The molecule has 0 radical (unpaired) electrons. The summed E-state index contributed by atoms with van der Waals surface area (Å²) in [5.41, 5.74) is 0.584. The first-order valence-corrected chi connectivity index (χ1v) is 9.79. The van der Waals surface area contributed by atoms with Crippen molar-refractivity contribution in [3.05, 3.63) is 30.1 Å². The fraction of sp³-hybridized carbons (Fsp3) is 0.650. The van der Waals surface area contributed by atoms with Crippen molar-refractivity contribution >= 4 is 24.2 Å². The predicted octanol–water partition coefficient (Wildman–Crippen LogP) is 3.00. The van der Waals surface area contributed by atoms with Crippen LogP contribution in [0.5, 0.6) is 0 Å². The van der Waals surface area contributed by atoms with Crippen LogP contribution in [-0.2, 0) is 9.59 Å². The van der Waals surface area contributed by atoms with Gasteiger partial charge in [-0.25, -0.2) is 0 Å². The van der Waals surface area contributed by atoms with Crippen molar-refractivity contribution in [1.29, 1.82) is 0 Å². The lowest BCUT2D eigenvalue weighted by Gasteiger charge is -2.28. The van der Waals surface area contributed by atoms with Gasteiger partial charge in [-0.15, -0.1) is 12.4 Å². The van der Waals surface area contributed by atoms with E-state index in [0.717, 1.165) is 38.5 Å². The quantitative estimate of drug-likeness (QED) is 0.594. The molecule has 1 aliphatic rings. The first-order chi connectivity index (χ1) is 12.6. The molecule has 0 aromatic carbocycles. The third-order valence-corrected chi connectivity index (χ3v) is 4.87. The number of carbonyl (C=O) groups excluding carboxylic acids is 2. The monoisotopic (exact) mass is 397 g/mol. The van der Waals surface area contributed by atoms with E-state index in [-0.39, 0.29) is 24.2 Å². The second-order valence-electron chi connectivity index (χ2n) is 6.97. The number of nitrogens with zero attached hydrogens (tertiary/aromatic N) is 2. The Hall–Kier alpha value is -1.66. The minimum atomic E-state index is -1.07. The highest BCUT2D eigenvalue weighted by molar-refractivity contribution is 5.88. The average Bonchev–Trinajstić information content (AvgIpc) is 3.20. The second kappa shape index (κ2) is 12.7. The summed E-state index contributed by atoms with van der Waals surface area (Å²) in [5, 5.41) is 13.5. The number of hydrogen-bond donors (Lipinski definition) is 2. The van der Waals surface area contributed by atoms with E-state index in [1.54, 1.807) is 29.4 Å². The van der Waals surface area contributed by atoms with Crippen molar-refractivity contribution in [2.24, 2.45) is 0 Å². The molecular formula is C20H32ClN3O3. The Balaban J connectivity index is 0.00000364. The molecule has 1 aliphatic heterocycles. The number of nitrogens with one attached hydrogen (secondary N) is 1. The van der Waals surface area contributed by atoms with Crippen LogP contribution in [0.4, 0.5) is 0 Å². The van der Waals surface area contributed by atoms with Gasteiger partial charge in [0.25, 0.3) is 0 Å². The molecule has 1 fully saturated rings. The van der Waals surface area contributed by atoms with E-state index in [1.165, 1.54) is 6.42 Å². The Morgan fingerprint density at radius 3 is 2.41 bits per heavy atom. The molecule has 2 heterocycles. The van der Waals surface area contributed by atoms with E-state index in [1.807, 2.05) is 0 Å². The minimum absolute atomic E-state index is 0. The van der Waals surface area contributed by atoms with Crippen molar-refractivity contribution < 1.29 is 14.7 Å². The molecule has 27 heavy (non-hydrogen) atoms. The number of aliphatic hydroxyl groups is 1. The van der Waals surface area contributed by atoms with E-state index in [9.17, 15) is 14.7 Å². The lowest BCUT2D eigenvalue weighted by Crippen LogP contribution is -2.51. The normalized spacial score (nSPS) is 15.7. The van der Waals surface area contributed by atoms with Crippen molar-refractivity contribution in [2.75, 3.05) is 13.1 Å². The number of likely N-dealkylation sites (tertiary alicyclic amines) is 1. The summed E-state index contributed by atoms with van der Waals surface area (Å²) in [5.74, 6) is -0.377. The predicted molar refractivity (Wildman–Crippen MR) is 108 cm³/mol. The number of rotatable bonds is 10. The number of carbonyl (C=O) groups is 2. The van der Waals surface area contributed by atoms with Gasteiger partial charge in [0.2, 0.25) is 11.8 Å². The van der Waals surface area contributed by atoms with Crippen LogP contribution in [0.1, 0.15) is 70.0 Å². The van der Waals surface area contributed by atoms with Crippen LogP contribution in [0.3, 0.4) is 0 Å². The van der Waals surface area contributed by atoms with Gasteiger partial charge in [-0.05, 0) is 37.0 Å². The number of halogens is 1. The summed E-state index contributed by atoms with van der Waals surface area (Å²) in [4.78, 5) is 30.9. The van der Waals surface area contributed by atoms with Gasteiger partial charge in [-0.2, -0.15) is 0 Å². The SMILES string of the molecule is CCCCCCCC(=O)N[C@@H](C(=O)N1CCCC1)[C@@H](O)c1ccncc1.Cl. The molecule has 1 saturated heterocycles. The smallest absolute Gasteiger partial charge is 0.248 e. The Labute approximate surface area is 168 Å². The van der Waals surface area contributed by atoms with E-state index < -0.39 is 12.1 Å². The molecular weight excluding hydrogens is 366 g/mol.